The predicted octanol–water partition coefficient (Wildman–Crippen LogP) is 2.97. The Labute approximate surface area is 123 Å². The largest absolute Gasteiger partial charge is 0.495 e. The van der Waals surface area contributed by atoms with Gasteiger partial charge in [-0.05, 0) is 40.9 Å². The maximum atomic E-state index is 5.34. The van der Waals surface area contributed by atoms with E-state index in [4.69, 9.17) is 11.2 Å². The lowest BCUT2D eigenvalue weighted by Crippen LogP contribution is -2.39. The van der Waals surface area contributed by atoms with Crippen molar-refractivity contribution >= 4 is 21.6 Å². The molecule has 102 valence electrons. The smallest absolute Gasteiger partial charge is 0.135 e. The molecule has 0 bridgehead atoms. The molecule has 4 heteroatoms. The SMILES string of the molecule is C#CCN1CCC(Nc2ccc(Br)c(OC)c2)CC1. The Kier molecular flexibility index (Phi) is 5.12. The Morgan fingerprint density at radius 2 is 2.21 bits per heavy atom. The zero-order valence-electron chi connectivity index (χ0n) is 11.2. The van der Waals surface area contributed by atoms with Crippen LogP contribution in [0.5, 0.6) is 5.75 Å². The molecule has 1 fully saturated rings. The number of piperidine rings is 1. The Morgan fingerprint density at radius 1 is 1.47 bits per heavy atom. The van der Waals surface area contributed by atoms with E-state index in [-0.39, 0.29) is 0 Å². The molecule has 0 radical (unpaired) electrons. The van der Waals surface area contributed by atoms with Crippen LogP contribution in [0, 0.1) is 12.3 Å². The van der Waals surface area contributed by atoms with E-state index in [1.165, 1.54) is 0 Å². The maximum absolute atomic E-state index is 5.34. The minimum Gasteiger partial charge on any atom is -0.495 e. The van der Waals surface area contributed by atoms with Gasteiger partial charge in [0.05, 0.1) is 18.1 Å². The first-order valence-electron chi connectivity index (χ1n) is 6.49. The molecule has 1 N–H and O–H groups in total. The van der Waals surface area contributed by atoms with Crippen LogP contribution in [0.3, 0.4) is 0 Å². The molecule has 19 heavy (non-hydrogen) atoms. The summed E-state index contributed by atoms with van der Waals surface area (Å²) in [7, 11) is 1.68. The molecule has 0 aromatic heterocycles. The van der Waals surface area contributed by atoms with E-state index in [9.17, 15) is 0 Å². The quantitative estimate of drug-likeness (QED) is 0.862. The number of nitrogens with zero attached hydrogens (tertiary/aromatic N) is 1. The van der Waals surface area contributed by atoms with Crippen molar-refractivity contribution in [2.24, 2.45) is 0 Å². The predicted molar refractivity (Wildman–Crippen MR) is 82.6 cm³/mol. The van der Waals surface area contributed by atoms with Gasteiger partial charge in [0.15, 0.2) is 0 Å². The highest BCUT2D eigenvalue weighted by Gasteiger charge is 2.18. The molecule has 0 saturated carbocycles. The first-order chi connectivity index (χ1) is 9.22. The van der Waals surface area contributed by atoms with Crippen LogP contribution in [-0.2, 0) is 0 Å². The van der Waals surface area contributed by atoms with Crippen molar-refractivity contribution in [2.45, 2.75) is 18.9 Å². The number of anilines is 1. The van der Waals surface area contributed by atoms with Crippen molar-refractivity contribution in [1.29, 1.82) is 0 Å². The van der Waals surface area contributed by atoms with Gasteiger partial charge in [0.2, 0.25) is 0 Å². The molecule has 1 aromatic rings. The number of rotatable bonds is 4. The Morgan fingerprint density at radius 3 is 2.84 bits per heavy atom. The van der Waals surface area contributed by atoms with Gasteiger partial charge in [-0.1, -0.05) is 5.92 Å². The van der Waals surface area contributed by atoms with E-state index in [0.29, 0.717) is 6.04 Å². The third kappa shape index (κ3) is 3.89. The van der Waals surface area contributed by atoms with E-state index in [1.807, 2.05) is 12.1 Å². The van der Waals surface area contributed by atoms with Crippen LogP contribution in [0.25, 0.3) is 0 Å². The zero-order chi connectivity index (χ0) is 13.7. The molecule has 0 spiro atoms. The zero-order valence-corrected chi connectivity index (χ0v) is 12.7. The summed E-state index contributed by atoms with van der Waals surface area (Å²) in [6.45, 7) is 2.89. The molecule has 1 saturated heterocycles. The van der Waals surface area contributed by atoms with E-state index in [1.54, 1.807) is 7.11 Å². The summed E-state index contributed by atoms with van der Waals surface area (Å²) in [5, 5.41) is 3.57. The lowest BCUT2D eigenvalue weighted by Gasteiger charge is -2.31. The minimum absolute atomic E-state index is 0.514. The maximum Gasteiger partial charge on any atom is 0.135 e. The molecule has 0 aliphatic carbocycles. The Bertz CT molecular complexity index is 462. The molecule has 1 aliphatic rings. The van der Waals surface area contributed by atoms with Crippen molar-refractivity contribution < 1.29 is 4.74 Å². The average Bonchev–Trinajstić information content (AvgIpc) is 2.43. The summed E-state index contributed by atoms with van der Waals surface area (Å²) < 4.78 is 6.28. The second-order valence-electron chi connectivity index (χ2n) is 4.75. The number of halogens is 1. The van der Waals surface area contributed by atoms with Crippen LogP contribution in [-0.4, -0.2) is 37.7 Å². The second kappa shape index (κ2) is 6.83. The lowest BCUT2D eigenvalue weighted by atomic mass is 10.0. The third-order valence-electron chi connectivity index (χ3n) is 3.42. The first kappa shape index (κ1) is 14.2. The molecule has 2 rings (SSSR count). The van der Waals surface area contributed by atoms with Crippen molar-refractivity contribution in [3.8, 4) is 18.1 Å². The number of ether oxygens (including phenoxy) is 1. The van der Waals surface area contributed by atoms with Gasteiger partial charge in [0.1, 0.15) is 5.75 Å². The van der Waals surface area contributed by atoms with Gasteiger partial charge in [-0.25, -0.2) is 0 Å². The second-order valence-corrected chi connectivity index (χ2v) is 5.60. The number of terminal acetylenes is 1. The van der Waals surface area contributed by atoms with Gasteiger partial charge in [-0.15, -0.1) is 6.42 Å². The molecular weight excluding hydrogens is 304 g/mol. The lowest BCUT2D eigenvalue weighted by molar-refractivity contribution is 0.243. The monoisotopic (exact) mass is 322 g/mol. The highest BCUT2D eigenvalue weighted by molar-refractivity contribution is 9.10. The first-order valence-corrected chi connectivity index (χ1v) is 7.28. The fourth-order valence-electron chi connectivity index (χ4n) is 2.35. The van der Waals surface area contributed by atoms with Crippen molar-refractivity contribution in [3.63, 3.8) is 0 Å². The molecule has 0 amide bonds. The number of hydrogen-bond donors (Lipinski definition) is 1. The summed E-state index contributed by atoms with van der Waals surface area (Å²) in [4.78, 5) is 2.32. The van der Waals surface area contributed by atoms with Gasteiger partial charge < -0.3 is 10.1 Å². The van der Waals surface area contributed by atoms with Gasteiger partial charge in [-0.2, -0.15) is 0 Å². The van der Waals surface area contributed by atoms with Crippen molar-refractivity contribution in [1.82, 2.24) is 4.90 Å². The molecule has 3 nitrogen and oxygen atoms in total. The Balaban J connectivity index is 1.90. The number of benzene rings is 1. The standard InChI is InChI=1S/C15H19BrN2O/c1-3-8-18-9-6-12(7-10-18)17-13-4-5-14(16)15(11-13)19-2/h1,4-5,11-12,17H,6-10H2,2H3. The van der Waals surface area contributed by atoms with Crippen LogP contribution < -0.4 is 10.1 Å². The Hall–Kier alpha value is -1.18. The van der Waals surface area contributed by atoms with Crippen molar-refractivity contribution in [3.05, 3.63) is 22.7 Å². The number of methoxy groups -OCH3 is 1. The number of nitrogens with one attached hydrogen (secondary N) is 1. The summed E-state index contributed by atoms with van der Waals surface area (Å²) in [6, 6.07) is 6.62. The van der Waals surface area contributed by atoms with E-state index < -0.39 is 0 Å². The number of hydrogen-bond acceptors (Lipinski definition) is 3. The van der Waals surface area contributed by atoms with Crippen LogP contribution in [0.1, 0.15) is 12.8 Å². The van der Waals surface area contributed by atoms with Crippen LogP contribution >= 0.6 is 15.9 Å². The minimum atomic E-state index is 0.514. The van der Waals surface area contributed by atoms with Gasteiger partial charge in [-0.3, -0.25) is 4.90 Å². The van der Waals surface area contributed by atoms with Crippen LogP contribution in [0.15, 0.2) is 22.7 Å². The third-order valence-corrected chi connectivity index (χ3v) is 4.08. The van der Waals surface area contributed by atoms with E-state index in [2.05, 4.69) is 38.1 Å². The molecule has 0 unspecified atom stereocenters. The molecule has 1 aliphatic heterocycles. The molecular formula is C15H19BrN2O. The van der Waals surface area contributed by atoms with Gasteiger partial charge in [0.25, 0.3) is 0 Å². The number of likely N-dealkylation sites (tertiary alicyclic amines) is 1. The fraction of sp³-hybridized carbons (Fsp3) is 0.467. The molecule has 1 heterocycles. The van der Waals surface area contributed by atoms with Gasteiger partial charge >= 0.3 is 0 Å². The van der Waals surface area contributed by atoms with Crippen LogP contribution in [0.4, 0.5) is 5.69 Å². The van der Waals surface area contributed by atoms with E-state index >= 15 is 0 Å². The normalized spacial score (nSPS) is 16.9. The van der Waals surface area contributed by atoms with Crippen molar-refractivity contribution in [2.75, 3.05) is 32.1 Å². The summed E-state index contributed by atoms with van der Waals surface area (Å²) in [5.74, 6) is 3.56. The summed E-state index contributed by atoms with van der Waals surface area (Å²) in [5.41, 5.74) is 1.11. The van der Waals surface area contributed by atoms with Crippen LogP contribution in [0.2, 0.25) is 0 Å². The average molecular weight is 323 g/mol. The molecule has 1 aromatic carbocycles. The van der Waals surface area contributed by atoms with Gasteiger partial charge in [0, 0.05) is 30.9 Å². The molecule has 0 atom stereocenters. The summed E-state index contributed by atoms with van der Waals surface area (Å²) >= 11 is 3.46. The topological polar surface area (TPSA) is 24.5 Å². The fourth-order valence-corrected chi connectivity index (χ4v) is 2.76. The summed E-state index contributed by atoms with van der Waals surface area (Å²) in [6.07, 6.45) is 7.59. The van der Waals surface area contributed by atoms with E-state index in [0.717, 1.165) is 48.4 Å². The highest BCUT2D eigenvalue weighted by atomic mass is 79.9. The highest BCUT2D eigenvalue weighted by Crippen LogP contribution is 2.28.